The topological polar surface area (TPSA) is 12.5 Å². The SMILES string of the molecule is [CH2]C(C)(CCCCN1CCCCC1)c1ccc(OC)cc1. The van der Waals surface area contributed by atoms with E-state index in [1.807, 2.05) is 12.1 Å². The Morgan fingerprint density at radius 3 is 2.38 bits per heavy atom. The Balaban J connectivity index is 1.74. The van der Waals surface area contributed by atoms with E-state index in [0.717, 1.165) is 12.2 Å². The minimum Gasteiger partial charge on any atom is -0.497 e. The maximum atomic E-state index is 5.22. The summed E-state index contributed by atoms with van der Waals surface area (Å²) in [6.07, 6.45) is 7.89. The van der Waals surface area contributed by atoms with E-state index in [0.29, 0.717) is 0 Å². The fourth-order valence-corrected chi connectivity index (χ4v) is 3.17. The number of hydrogen-bond donors (Lipinski definition) is 0. The molecule has 0 N–H and O–H groups in total. The van der Waals surface area contributed by atoms with Gasteiger partial charge in [0, 0.05) is 0 Å². The van der Waals surface area contributed by atoms with Crippen molar-refractivity contribution in [3.05, 3.63) is 36.8 Å². The highest BCUT2D eigenvalue weighted by Crippen LogP contribution is 2.30. The van der Waals surface area contributed by atoms with Gasteiger partial charge < -0.3 is 9.64 Å². The minimum atomic E-state index is 0.00810. The first kappa shape index (κ1) is 16.4. The van der Waals surface area contributed by atoms with Crippen molar-refractivity contribution in [2.24, 2.45) is 0 Å². The fraction of sp³-hybridized carbons (Fsp3) is 0.632. The van der Waals surface area contributed by atoms with Gasteiger partial charge in [0.05, 0.1) is 7.11 Å². The summed E-state index contributed by atoms with van der Waals surface area (Å²) in [5.41, 5.74) is 1.31. The van der Waals surface area contributed by atoms with Gasteiger partial charge in [0.2, 0.25) is 0 Å². The summed E-state index contributed by atoms with van der Waals surface area (Å²) in [4.78, 5) is 2.62. The molecule has 1 fully saturated rings. The van der Waals surface area contributed by atoms with Gasteiger partial charge in [-0.1, -0.05) is 31.9 Å². The van der Waals surface area contributed by atoms with Gasteiger partial charge in [-0.05, 0) is 75.4 Å². The lowest BCUT2D eigenvalue weighted by Gasteiger charge is -2.28. The van der Waals surface area contributed by atoms with Crippen molar-refractivity contribution in [3.8, 4) is 5.75 Å². The lowest BCUT2D eigenvalue weighted by Crippen LogP contribution is -2.30. The average Bonchev–Trinajstić information content (AvgIpc) is 2.53. The fourth-order valence-electron chi connectivity index (χ4n) is 3.17. The summed E-state index contributed by atoms with van der Waals surface area (Å²) in [5.74, 6) is 0.916. The summed E-state index contributed by atoms with van der Waals surface area (Å²) >= 11 is 0. The average molecular weight is 288 g/mol. The summed E-state index contributed by atoms with van der Waals surface area (Å²) in [7, 11) is 1.71. The van der Waals surface area contributed by atoms with Crippen LogP contribution in [0.3, 0.4) is 0 Å². The number of methoxy groups -OCH3 is 1. The molecule has 1 unspecified atom stereocenters. The van der Waals surface area contributed by atoms with E-state index in [1.54, 1.807) is 7.11 Å². The molecule has 0 saturated carbocycles. The van der Waals surface area contributed by atoms with Crippen LogP contribution in [0.5, 0.6) is 5.75 Å². The first-order chi connectivity index (χ1) is 10.1. The van der Waals surface area contributed by atoms with Gasteiger partial charge in [-0.3, -0.25) is 0 Å². The van der Waals surface area contributed by atoms with E-state index in [4.69, 9.17) is 4.74 Å². The van der Waals surface area contributed by atoms with Crippen molar-refractivity contribution in [3.63, 3.8) is 0 Å². The first-order valence-electron chi connectivity index (χ1n) is 8.34. The molecule has 2 heteroatoms. The molecule has 1 aromatic rings. The zero-order valence-corrected chi connectivity index (χ0v) is 13.7. The van der Waals surface area contributed by atoms with Crippen molar-refractivity contribution in [1.82, 2.24) is 4.90 Å². The molecule has 0 bridgehead atoms. The van der Waals surface area contributed by atoms with Gasteiger partial charge in [0.25, 0.3) is 0 Å². The molecule has 1 aliphatic rings. The van der Waals surface area contributed by atoms with Gasteiger partial charge in [0.1, 0.15) is 5.75 Å². The third-order valence-electron chi connectivity index (χ3n) is 4.69. The number of nitrogens with zero attached hydrogens (tertiary/aromatic N) is 1. The molecular weight excluding hydrogens is 258 g/mol. The van der Waals surface area contributed by atoms with E-state index < -0.39 is 0 Å². The van der Waals surface area contributed by atoms with Gasteiger partial charge in [0.15, 0.2) is 0 Å². The van der Waals surface area contributed by atoms with E-state index in [1.165, 1.54) is 57.3 Å². The lowest BCUT2D eigenvalue weighted by molar-refractivity contribution is 0.222. The number of ether oxygens (including phenoxy) is 1. The molecule has 1 atom stereocenters. The molecular formula is C19H30NO. The van der Waals surface area contributed by atoms with Crippen molar-refractivity contribution in [1.29, 1.82) is 0 Å². The van der Waals surface area contributed by atoms with Crippen LogP contribution in [0.2, 0.25) is 0 Å². The molecule has 117 valence electrons. The van der Waals surface area contributed by atoms with Crippen LogP contribution in [-0.4, -0.2) is 31.6 Å². The van der Waals surface area contributed by atoms with Crippen LogP contribution < -0.4 is 4.74 Å². The molecule has 1 aromatic carbocycles. The third-order valence-corrected chi connectivity index (χ3v) is 4.69. The van der Waals surface area contributed by atoms with Gasteiger partial charge in [-0.15, -0.1) is 0 Å². The number of likely N-dealkylation sites (tertiary alicyclic amines) is 1. The van der Waals surface area contributed by atoms with Crippen LogP contribution in [0.4, 0.5) is 0 Å². The zero-order valence-electron chi connectivity index (χ0n) is 13.7. The highest BCUT2D eigenvalue weighted by Gasteiger charge is 2.20. The Morgan fingerprint density at radius 1 is 1.10 bits per heavy atom. The molecule has 0 aliphatic carbocycles. The molecule has 2 rings (SSSR count). The molecule has 0 aromatic heterocycles. The number of unbranched alkanes of at least 4 members (excludes halogenated alkanes) is 1. The largest absolute Gasteiger partial charge is 0.497 e. The monoisotopic (exact) mass is 288 g/mol. The summed E-state index contributed by atoms with van der Waals surface area (Å²) in [5, 5.41) is 0. The smallest absolute Gasteiger partial charge is 0.118 e. The van der Waals surface area contributed by atoms with E-state index in [2.05, 4.69) is 30.9 Å². The van der Waals surface area contributed by atoms with Crippen LogP contribution in [0.25, 0.3) is 0 Å². The Hall–Kier alpha value is -1.02. The quantitative estimate of drug-likeness (QED) is 0.688. The Bertz CT molecular complexity index is 404. The van der Waals surface area contributed by atoms with Crippen LogP contribution in [0.1, 0.15) is 51.0 Å². The minimum absolute atomic E-state index is 0.00810. The van der Waals surface area contributed by atoms with Crippen LogP contribution in [0.15, 0.2) is 24.3 Å². The van der Waals surface area contributed by atoms with Gasteiger partial charge >= 0.3 is 0 Å². The second-order valence-corrected chi connectivity index (χ2v) is 6.65. The standard InChI is InChI=1S/C19H30NO/c1-19(2,17-9-11-18(21-3)12-10-17)13-5-8-16-20-14-6-4-7-15-20/h9-12H,1,4-8,13-16H2,2-3H3. The van der Waals surface area contributed by atoms with Crippen LogP contribution >= 0.6 is 0 Å². The maximum Gasteiger partial charge on any atom is 0.118 e. The molecule has 1 saturated heterocycles. The summed E-state index contributed by atoms with van der Waals surface area (Å²) in [6.45, 7) is 10.5. The number of piperidine rings is 1. The van der Waals surface area contributed by atoms with Crippen LogP contribution in [0, 0.1) is 6.92 Å². The summed E-state index contributed by atoms with van der Waals surface area (Å²) < 4.78 is 5.22. The second kappa shape index (κ2) is 7.84. The van der Waals surface area contributed by atoms with Crippen molar-refractivity contribution < 1.29 is 4.74 Å². The highest BCUT2D eigenvalue weighted by atomic mass is 16.5. The normalized spacial score (nSPS) is 16.9. The highest BCUT2D eigenvalue weighted by molar-refractivity contribution is 5.32. The number of benzene rings is 1. The van der Waals surface area contributed by atoms with Gasteiger partial charge in [-0.2, -0.15) is 0 Å². The van der Waals surface area contributed by atoms with Gasteiger partial charge in [-0.25, -0.2) is 0 Å². The predicted octanol–water partition coefficient (Wildman–Crippen LogP) is 4.44. The molecule has 1 heterocycles. The Labute approximate surface area is 130 Å². The Kier molecular flexibility index (Phi) is 6.10. The maximum absolute atomic E-state index is 5.22. The number of hydrogen-bond acceptors (Lipinski definition) is 2. The molecule has 2 nitrogen and oxygen atoms in total. The Morgan fingerprint density at radius 2 is 1.76 bits per heavy atom. The van der Waals surface area contributed by atoms with Crippen molar-refractivity contribution in [2.45, 2.75) is 50.9 Å². The predicted molar refractivity (Wildman–Crippen MR) is 89.8 cm³/mol. The molecule has 0 spiro atoms. The first-order valence-corrected chi connectivity index (χ1v) is 8.34. The summed E-state index contributed by atoms with van der Waals surface area (Å²) in [6, 6.07) is 8.37. The van der Waals surface area contributed by atoms with Crippen LogP contribution in [-0.2, 0) is 5.41 Å². The molecule has 0 amide bonds. The van der Waals surface area contributed by atoms with Crippen molar-refractivity contribution in [2.75, 3.05) is 26.7 Å². The number of rotatable bonds is 7. The van der Waals surface area contributed by atoms with E-state index >= 15 is 0 Å². The third kappa shape index (κ3) is 5.03. The zero-order chi connectivity index (χ0) is 15.1. The van der Waals surface area contributed by atoms with E-state index in [9.17, 15) is 0 Å². The second-order valence-electron chi connectivity index (χ2n) is 6.65. The molecule has 21 heavy (non-hydrogen) atoms. The van der Waals surface area contributed by atoms with E-state index in [-0.39, 0.29) is 5.41 Å². The molecule has 1 radical (unpaired) electrons. The molecule has 1 aliphatic heterocycles. The lowest BCUT2D eigenvalue weighted by atomic mass is 9.80. The van der Waals surface area contributed by atoms with Crippen molar-refractivity contribution >= 4 is 0 Å².